The van der Waals surface area contributed by atoms with Crippen molar-refractivity contribution in [2.24, 2.45) is 5.73 Å². The maximum Gasteiger partial charge on any atom is 0.249 e. The molecular formula is C22H18N4OS. The Hall–Kier alpha value is -3.69. The summed E-state index contributed by atoms with van der Waals surface area (Å²) in [5.74, 6) is 5.26. The normalized spacial score (nSPS) is 10.0. The first-order valence-electron chi connectivity index (χ1n) is 8.37. The highest BCUT2D eigenvalue weighted by molar-refractivity contribution is 7.99. The fourth-order valence-corrected chi connectivity index (χ4v) is 3.49. The average Bonchev–Trinajstić information content (AvgIpc) is 2.67. The molecule has 5 nitrogen and oxygen atoms in total. The van der Waals surface area contributed by atoms with Crippen LogP contribution in [0.4, 0.5) is 11.4 Å². The van der Waals surface area contributed by atoms with Crippen LogP contribution in [0.25, 0.3) is 0 Å². The highest BCUT2D eigenvalue weighted by Gasteiger charge is 2.10. The van der Waals surface area contributed by atoms with Gasteiger partial charge in [-0.15, -0.1) is 0 Å². The number of hydrogen-bond acceptors (Lipinski definition) is 5. The van der Waals surface area contributed by atoms with Gasteiger partial charge in [0.1, 0.15) is 5.71 Å². The van der Waals surface area contributed by atoms with E-state index in [-0.39, 0.29) is 5.71 Å². The second kappa shape index (κ2) is 8.33. The smallest absolute Gasteiger partial charge is 0.249 e. The first-order valence-corrected chi connectivity index (χ1v) is 9.18. The van der Waals surface area contributed by atoms with Gasteiger partial charge < -0.3 is 17.2 Å². The molecule has 0 aliphatic heterocycles. The van der Waals surface area contributed by atoms with Crippen molar-refractivity contribution in [1.29, 1.82) is 5.41 Å². The summed E-state index contributed by atoms with van der Waals surface area (Å²) in [7, 11) is 0. The van der Waals surface area contributed by atoms with Gasteiger partial charge in [0.05, 0.1) is 5.56 Å². The Bertz CT molecular complexity index is 1110. The molecule has 0 aliphatic rings. The number of nitrogens with one attached hydrogen (secondary N) is 1. The van der Waals surface area contributed by atoms with Crippen LogP contribution in [0.5, 0.6) is 0 Å². The molecule has 3 aromatic carbocycles. The summed E-state index contributed by atoms with van der Waals surface area (Å²) < 4.78 is 0. The van der Waals surface area contributed by atoms with Crippen LogP contribution in [0.2, 0.25) is 0 Å². The second-order valence-corrected chi connectivity index (χ2v) is 7.07. The summed E-state index contributed by atoms with van der Waals surface area (Å²) in [6, 6.07) is 19.6. The number of primary amides is 1. The van der Waals surface area contributed by atoms with Gasteiger partial charge in [-0.2, -0.15) is 0 Å². The molecule has 0 radical (unpaired) electrons. The third kappa shape index (κ3) is 4.53. The van der Waals surface area contributed by atoms with Gasteiger partial charge in [0.15, 0.2) is 0 Å². The number of carbonyl (C=O) groups excluding carboxylic acids is 1. The quantitative estimate of drug-likeness (QED) is 0.311. The third-order valence-electron chi connectivity index (χ3n) is 3.92. The van der Waals surface area contributed by atoms with Crippen LogP contribution in [-0.2, 0) is 0 Å². The summed E-state index contributed by atoms with van der Waals surface area (Å²) in [4.78, 5) is 13.2. The largest absolute Gasteiger partial charge is 0.399 e. The Morgan fingerprint density at radius 2 is 1.64 bits per heavy atom. The predicted molar refractivity (Wildman–Crippen MR) is 114 cm³/mol. The van der Waals surface area contributed by atoms with Crippen LogP contribution < -0.4 is 17.2 Å². The van der Waals surface area contributed by atoms with Gasteiger partial charge in [-0.25, -0.2) is 0 Å². The first kappa shape index (κ1) is 19.1. The number of anilines is 2. The molecule has 0 fully saturated rings. The van der Waals surface area contributed by atoms with Crippen LogP contribution >= 0.6 is 11.8 Å². The van der Waals surface area contributed by atoms with Crippen LogP contribution in [0.15, 0.2) is 76.5 Å². The van der Waals surface area contributed by atoms with Gasteiger partial charge in [-0.3, -0.25) is 10.2 Å². The van der Waals surface area contributed by atoms with Gasteiger partial charge in [0.25, 0.3) is 0 Å². The average molecular weight is 386 g/mol. The van der Waals surface area contributed by atoms with Crippen molar-refractivity contribution in [1.82, 2.24) is 0 Å². The van der Waals surface area contributed by atoms with Crippen molar-refractivity contribution < 1.29 is 4.79 Å². The molecule has 0 bridgehead atoms. The Morgan fingerprint density at radius 1 is 0.929 bits per heavy atom. The lowest BCUT2D eigenvalue weighted by Gasteiger charge is -2.09. The summed E-state index contributed by atoms with van der Waals surface area (Å²) in [5, 5.41) is 8.20. The molecule has 0 aliphatic carbocycles. The predicted octanol–water partition coefficient (Wildman–Crippen LogP) is 3.52. The molecule has 0 atom stereocenters. The van der Waals surface area contributed by atoms with Crippen molar-refractivity contribution in [2.75, 3.05) is 11.5 Å². The van der Waals surface area contributed by atoms with Crippen molar-refractivity contribution >= 4 is 34.8 Å². The molecule has 3 rings (SSSR count). The van der Waals surface area contributed by atoms with Crippen molar-refractivity contribution in [2.45, 2.75) is 9.79 Å². The first-order chi connectivity index (χ1) is 13.4. The number of carbonyl (C=O) groups is 1. The van der Waals surface area contributed by atoms with Crippen molar-refractivity contribution in [3.63, 3.8) is 0 Å². The molecule has 7 N–H and O–H groups in total. The highest BCUT2D eigenvalue weighted by Crippen LogP contribution is 2.32. The third-order valence-corrected chi connectivity index (χ3v) is 4.98. The van der Waals surface area contributed by atoms with Crippen molar-refractivity contribution in [3.05, 3.63) is 83.4 Å². The lowest BCUT2D eigenvalue weighted by Crippen LogP contribution is -2.11. The fraction of sp³-hybridized carbons (Fsp3) is 0. The number of hydrogen-bond donors (Lipinski definition) is 4. The van der Waals surface area contributed by atoms with E-state index in [9.17, 15) is 4.79 Å². The molecule has 0 saturated heterocycles. The Morgan fingerprint density at radius 3 is 2.32 bits per heavy atom. The summed E-state index contributed by atoms with van der Waals surface area (Å²) in [5.41, 5.74) is 20.2. The molecule has 0 saturated carbocycles. The second-order valence-electron chi connectivity index (χ2n) is 5.96. The van der Waals surface area contributed by atoms with E-state index in [1.807, 2.05) is 18.2 Å². The minimum absolute atomic E-state index is 0.128. The molecule has 0 aromatic heterocycles. The van der Waals surface area contributed by atoms with E-state index in [1.54, 1.807) is 48.5 Å². The number of amides is 1. The molecule has 0 heterocycles. The molecule has 3 aromatic rings. The van der Waals surface area contributed by atoms with E-state index in [0.717, 1.165) is 15.4 Å². The van der Waals surface area contributed by atoms with E-state index in [0.29, 0.717) is 22.5 Å². The molecule has 6 heteroatoms. The minimum atomic E-state index is -0.479. The Balaban J connectivity index is 1.80. The van der Waals surface area contributed by atoms with E-state index in [2.05, 4.69) is 11.8 Å². The minimum Gasteiger partial charge on any atom is -0.399 e. The SMILES string of the molecule is N=C(C#Cc1ccc(N)cc1)c1ccc(Sc2ccccc2C(N)=O)cc1N. The zero-order valence-electron chi connectivity index (χ0n) is 14.9. The summed E-state index contributed by atoms with van der Waals surface area (Å²) in [6.07, 6.45) is 0. The lowest BCUT2D eigenvalue weighted by molar-refractivity contribution is 0.0997. The molecule has 138 valence electrons. The molecule has 1 amide bonds. The zero-order chi connectivity index (χ0) is 20.1. The Kier molecular flexibility index (Phi) is 5.68. The van der Waals surface area contributed by atoms with Crippen LogP contribution in [0, 0.1) is 17.3 Å². The fourth-order valence-electron chi connectivity index (χ4n) is 2.49. The number of rotatable bonds is 4. The highest BCUT2D eigenvalue weighted by atomic mass is 32.2. The summed E-state index contributed by atoms with van der Waals surface area (Å²) in [6.45, 7) is 0. The molecular weight excluding hydrogens is 368 g/mol. The molecule has 28 heavy (non-hydrogen) atoms. The van der Waals surface area contributed by atoms with Gasteiger partial charge in [0.2, 0.25) is 5.91 Å². The van der Waals surface area contributed by atoms with E-state index in [4.69, 9.17) is 22.6 Å². The zero-order valence-corrected chi connectivity index (χ0v) is 15.7. The van der Waals surface area contributed by atoms with Gasteiger partial charge in [0, 0.05) is 32.3 Å². The standard InChI is InChI=1S/C22H18N4OS/c23-15-8-5-14(6-9-15)7-12-19(24)17-11-10-16(13-20(17)25)28-21-4-2-1-3-18(21)22(26)27/h1-6,8-11,13,24H,23,25H2,(H2,26,27). The van der Waals surface area contributed by atoms with Gasteiger partial charge in [-0.1, -0.05) is 29.8 Å². The van der Waals surface area contributed by atoms with E-state index >= 15 is 0 Å². The molecule has 0 spiro atoms. The summed E-state index contributed by atoms with van der Waals surface area (Å²) >= 11 is 1.39. The number of nitrogen functional groups attached to an aromatic ring is 2. The maximum absolute atomic E-state index is 11.6. The van der Waals surface area contributed by atoms with Gasteiger partial charge in [-0.05, 0) is 60.5 Å². The van der Waals surface area contributed by atoms with Crippen LogP contribution in [0.1, 0.15) is 21.5 Å². The van der Waals surface area contributed by atoms with Crippen LogP contribution in [-0.4, -0.2) is 11.6 Å². The monoisotopic (exact) mass is 386 g/mol. The number of benzene rings is 3. The topological polar surface area (TPSA) is 119 Å². The molecule has 0 unspecified atom stereocenters. The Labute approximate surface area is 167 Å². The van der Waals surface area contributed by atoms with Crippen LogP contribution in [0.3, 0.4) is 0 Å². The van der Waals surface area contributed by atoms with Crippen molar-refractivity contribution in [3.8, 4) is 11.8 Å². The van der Waals surface area contributed by atoms with E-state index < -0.39 is 5.91 Å². The van der Waals surface area contributed by atoms with E-state index in [1.165, 1.54) is 11.8 Å². The lowest BCUT2D eigenvalue weighted by atomic mass is 10.1. The number of nitrogens with two attached hydrogens (primary N) is 3. The van der Waals surface area contributed by atoms with Gasteiger partial charge >= 0.3 is 0 Å². The maximum atomic E-state index is 11.6.